The number of hydrogen-bond donors (Lipinski definition) is 2. The van der Waals surface area contributed by atoms with Crippen LogP contribution in [0.25, 0.3) is 0 Å². The molecule has 0 saturated heterocycles. The van der Waals surface area contributed by atoms with Gasteiger partial charge >= 0.3 is 5.97 Å². The van der Waals surface area contributed by atoms with Gasteiger partial charge in [-0.05, 0) is 44.5 Å². The number of benzene rings is 1. The van der Waals surface area contributed by atoms with Crippen LogP contribution < -0.4 is 10.1 Å². The number of carbonyl (C=O) groups is 1. The number of ether oxygens (including phenoxy) is 1. The molecule has 19 heavy (non-hydrogen) atoms. The maximum absolute atomic E-state index is 11.6. The van der Waals surface area contributed by atoms with Crippen molar-refractivity contribution in [2.24, 2.45) is 5.41 Å². The van der Waals surface area contributed by atoms with Gasteiger partial charge in [0.1, 0.15) is 5.75 Å². The molecular formula is C15H21NO3. The Hall–Kier alpha value is -1.55. The van der Waals surface area contributed by atoms with Gasteiger partial charge in [0.2, 0.25) is 0 Å². The third kappa shape index (κ3) is 2.45. The molecule has 1 atom stereocenters. The number of aliphatic carboxylic acids is 1. The van der Waals surface area contributed by atoms with E-state index in [9.17, 15) is 9.90 Å². The Balaban J connectivity index is 2.24. The first kappa shape index (κ1) is 13.9. The van der Waals surface area contributed by atoms with Gasteiger partial charge in [0.15, 0.2) is 0 Å². The summed E-state index contributed by atoms with van der Waals surface area (Å²) < 4.78 is 5.41. The van der Waals surface area contributed by atoms with Crippen LogP contribution in [0.15, 0.2) is 24.3 Å². The highest BCUT2D eigenvalue weighted by Crippen LogP contribution is 2.50. The average molecular weight is 263 g/mol. The molecule has 0 aliphatic heterocycles. The van der Waals surface area contributed by atoms with Gasteiger partial charge in [-0.1, -0.05) is 18.6 Å². The van der Waals surface area contributed by atoms with E-state index < -0.39 is 11.4 Å². The molecule has 4 heteroatoms. The summed E-state index contributed by atoms with van der Waals surface area (Å²) in [7, 11) is 1.82. The molecule has 1 aromatic carbocycles. The van der Waals surface area contributed by atoms with Gasteiger partial charge < -0.3 is 15.2 Å². The van der Waals surface area contributed by atoms with E-state index >= 15 is 0 Å². The summed E-state index contributed by atoms with van der Waals surface area (Å²) in [6, 6.07) is 7.56. The molecule has 104 valence electrons. The molecule has 4 nitrogen and oxygen atoms in total. The highest BCUT2D eigenvalue weighted by molar-refractivity contribution is 5.77. The molecule has 0 aromatic heterocycles. The van der Waals surface area contributed by atoms with Crippen molar-refractivity contribution in [3.63, 3.8) is 0 Å². The van der Waals surface area contributed by atoms with E-state index in [2.05, 4.69) is 5.32 Å². The lowest BCUT2D eigenvalue weighted by molar-refractivity contribution is -0.157. The minimum atomic E-state index is -0.702. The lowest BCUT2D eigenvalue weighted by Gasteiger charge is -2.44. The van der Waals surface area contributed by atoms with Gasteiger partial charge in [-0.3, -0.25) is 4.79 Å². The molecule has 0 heterocycles. The number of carboxylic acids is 1. The molecule has 1 saturated carbocycles. The lowest BCUT2D eigenvalue weighted by Crippen LogP contribution is -2.47. The van der Waals surface area contributed by atoms with Gasteiger partial charge in [0.25, 0.3) is 0 Å². The summed E-state index contributed by atoms with van der Waals surface area (Å²) in [6.07, 6.45) is 2.46. The van der Waals surface area contributed by atoms with E-state index in [0.717, 1.165) is 30.6 Å². The minimum absolute atomic E-state index is 0.144. The van der Waals surface area contributed by atoms with Crippen molar-refractivity contribution in [1.82, 2.24) is 5.32 Å². The topological polar surface area (TPSA) is 58.6 Å². The summed E-state index contributed by atoms with van der Waals surface area (Å²) in [5.41, 5.74) is 0.357. The molecule has 1 aliphatic rings. The van der Waals surface area contributed by atoms with Gasteiger partial charge in [0, 0.05) is 6.04 Å². The first-order valence-electron chi connectivity index (χ1n) is 6.77. The summed E-state index contributed by atoms with van der Waals surface area (Å²) in [6.45, 7) is 2.58. The predicted octanol–water partition coefficient (Wildman–Crippen LogP) is 2.60. The van der Waals surface area contributed by atoms with Crippen molar-refractivity contribution in [3.8, 4) is 5.75 Å². The number of hydrogen-bond acceptors (Lipinski definition) is 3. The van der Waals surface area contributed by atoms with Crippen LogP contribution in [0.5, 0.6) is 5.75 Å². The fourth-order valence-electron chi connectivity index (χ4n) is 2.87. The van der Waals surface area contributed by atoms with Crippen molar-refractivity contribution in [2.75, 3.05) is 13.7 Å². The van der Waals surface area contributed by atoms with Crippen LogP contribution in [-0.2, 0) is 4.79 Å². The Morgan fingerprint density at radius 2 is 2.05 bits per heavy atom. The van der Waals surface area contributed by atoms with Crippen molar-refractivity contribution in [3.05, 3.63) is 29.8 Å². The van der Waals surface area contributed by atoms with E-state index in [1.807, 2.05) is 38.2 Å². The monoisotopic (exact) mass is 263 g/mol. The first-order chi connectivity index (χ1) is 9.14. The van der Waals surface area contributed by atoms with Gasteiger partial charge in [-0.15, -0.1) is 0 Å². The quantitative estimate of drug-likeness (QED) is 0.828. The summed E-state index contributed by atoms with van der Waals surface area (Å²) in [5, 5.41) is 12.7. The maximum atomic E-state index is 11.6. The molecule has 0 bridgehead atoms. The zero-order chi connectivity index (χ0) is 13.9. The van der Waals surface area contributed by atoms with Crippen molar-refractivity contribution in [1.29, 1.82) is 0 Å². The Kier molecular flexibility index (Phi) is 4.10. The molecule has 2 N–H and O–H groups in total. The molecule has 1 aromatic rings. The first-order valence-corrected chi connectivity index (χ1v) is 6.77. The third-order valence-electron chi connectivity index (χ3n) is 4.04. The smallest absolute Gasteiger partial charge is 0.311 e. The van der Waals surface area contributed by atoms with Crippen molar-refractivity contribution in [2.45, 2.75) is 32.2 Å². The van der Waals surface area contributed by atoms with Crippen LogP contribution >= 0.6 is 0 Å². The van der Waals surface area contributed by atoms with E-state index in [0.29, 0.717) is 6.61 Å². The van der Waals surface area contributed by atoms with Crippen LogP contribution in [0.1, 0.15) is 37.8 Å². The van der Waals surface area contributed by atoms with Crippen molar-refractivity contribution < 1.29 is 14.6 Å². The molecule has 1 unspecified atom stereocenters. The standard InChI is InChI=1S/C15H21NO3/c1-3-19-12-7-5-11(6-8-12)13(16-2)15(14(17)18)9-4-10-15/h5-8,13,16H,3-4,9-10H2,1-2H3,(H,17,18). The molecule has 2 rings (SSSR count). The van der Waals surface area contributed by atoms with E-state index in [4.69, 9.17) is 4.74 Å². The Morgan fingerprint density at radius 3 is 2.42 bits per heavy atom. The molecule has 0 amide bonds. The summed E-state index contributed by atoms with van der Waals surface area (Å²) >= 11 is 0. The Morgan fingerprint density at radius 1 is 1.42 bits per heavy atom. The van der Waals surface area contributed by atoms with Gasteiger partial charge in [-0.2, -0.15) is 0 Å². The second-order valence-corrected chi connectivity index (χ2v) is 5.04. The zero-order valence-electron chi connectivity index (χ0n) is 11.5. The molecule has 1 aliphatic carbocycles. The number of nitrogens with one attached hydrogen (secondary N) is 1. The van der Waals surface area contributed by atoms with Crippen LogP contribution in [-0.4, -0.2) is 24.7 Å². The Labute approximate surface area is 113 Å². The van der Waals surface area contributed by atoms with Crippen molar-refractivity contribution >= 4 is 5.97 Å². The highest BCUT2D eigenvalue weighted by atomic mass is 16.5. The predicted molar refractivity (Wildman–Crippen MR) is 73.3 cm³/mol. The largest absolute Gasteiger partial charge is 0.494 e. The SMILES string of the molecule is CCOc1ccc(C(NC)C2(C(=O)O)CCC2)cc1. The van der Waals surface area contributed by atoms with Crippen LogP contribution in [0.4, 0.5) is 0 Å². The Bertz CT molecular complexity index is 437. The molecular weight excluding hydrogens is 242 g/mol. The lowest BCUT2D eigenvalue weighted by atomic mass is 9.62. The van der Waals surface area contributed by atoms with E-state index in [-0.39, 0.29) is 6.04 Å². The molecule has 0 radical (unpaired) electrons. The zero-order valence-corrected chi connectivity index (χ0v) is 11.5. The van der Waals surface area contributed by atoms with E-state index in [1.54, 1.807) is 0 Å². The summed E-state index contributed by atoms with van der Waals surface area (Å²) in [4.78, 5) is 11.6. The summed E-state index contributed by atoms with van der Waals surface area (Å²) in [5.74, 6) is 0.117. The third-order valence-corrected chi connectivity index (χ3v) is 4.04. The fourth-order valence-corrected chi connectivity index (χ4v) is 2.87. The second-order valence-electron chi connectivity index (χ2n) is 5.04. The highest BCUT2D eigenvalue weighted by Gasteiger charge is 2.50. The molecule has 0 spiro atoms. The molecule has 1 fully saturated rings. The maximum Gasteiger partial charge on any atom is 0.311 e. The normalized spacial score (nSPS) is 18.4. The minimum Gasteiger partial charge on any atom is -0.494 e. The van der Waals surface area contributed by atoms with Gasteiger partial charge in [-0.25, -0.2) is 0 Å². The van der Waals surface area contributed by atoms with Crippen LogP contribution in [0.3, 0.4) is 0 Å². The number of carboxylic acid groups (broad SMARTS) is 1. The van der Waals surface area contributed by atoms with E-state index in [1.165, 1.54) is 0 Å². The van der Waals surface area contributed by atoms with Gasteiger partial charge in [0.05, 0.1) is 12.0 Å². The average Bonchev–Trinajstić information content (AvgIpc) is 2.34. The van der Waals surface area contributed by atoms with Crippen LogP contribution in [0, 0.1) is 5.41 Å². The second kappa shape index (κ2) is 5.61. The number of rotatable bonds is 6. The van der Waals surface area contributed by atoms with Crippen LogP contribution in [0.2, 0.25) is 0 Å². The fraction of sp³-hybridized carbons (Fsp3) is 0.533.